The molecule has 90 valence electrons. The summed E-state index contributed by atoms with van der Waals surface area (Å²) < 4.78 is 33.5. The lowest BCUT2D eigenvalue weighted by atomic mass is 10.3. The summed E-state index contributed by atoms with van der Waals surface area (Å²) in [6.07, 6.45) is -6.44. The van der Waals surface area contributed by atoms with Crippen LogP contribution < -0.4 is 0 Å². The first-order valence-electron chi connectivity index (χ1n) is 4.30. The molecule has 0 aliphatic heterocycles. The van der Waals surface area contributed by atoms with Crippen molar-refractivity contribution in [2.45, 2.75) is 19.0 Å². The molecule has 6 heteroatoms. The molecular formula is C10H10ClF3O2. The molecule has 0 amide bonds. The summed E-state index contributed by atoms with van der Waals surface area (Å²) in [7, 11) is 0. The van der Waals surface area contributed by atoms with Crippen LogP contribution in [0.3, 0.4) is 0 Å². The fourth-order valence-corrected chi connectivity index (χ4v) is 0.809. The van der Waals surface area contributed by atoms with Crippen LogP contribution in [0.1, 0.15) is 12.8 Å². The fourth-order valence-electron chi connectivity index (χ4n) is 0.663. The van der Waals surface area contributed by atoms with E-state index < -0.39 is 25.0 Å². The fraction of sp³-hybridized carbons (Fsp3) is 0.300. The van der Waals surface area contributed by atoms with E-state index in [1.54, 1.807) is 0 Å². The Morgan fingerprint density at radius 3 is 1.94 bits per heavy atom. The van der Waals surface area contributed by atoms with Crippen molar-refractivity contribution in [3.8, 4) is 0 Å². The molecule has 1 aromatic carbocycles. The highest BCUT2D eigenvalue weighted by atomic mass is 35.5. The molecule has 0 aliphatic carbocycles. The van der Waals surface area contributed by atoms with Crippen molar-refractivity contribution in [1.82, 2.24) is 0 Å². The first kappa shape index (κ1) is 14.8. The number of rotatable bonds is 2. The number of aliphatic carboxylic acids is 1. The van der Waals surface area contributed by atoms with Crippen LogP contribution in [0.15, 0.2) is 30.3 Å². The molecule has 0 fully saturated rings. The summed E-state index contributed by atoms with van der Waals surface area (Å²) in [6, 6.07) is 9.44. The maximum absolute atomic E-state index is 11.2. The molecule has 1 rings (SSSR count). The first-order chi connectivity index (χ1) is 7.31. The third kappa shape index (κ3) is 10.8. The standard InChI is InChI=1S/C6H5Cl.C4H5F3O2/c7-6-4-2-1-3-5-6;5-4(6,7)2-1-3(8)9/h1-5H;1-2H2,(H,8,9). The predicted molar refractivity (Wildman–Crippen MR) is 54.4 cm³/mol. The van der Waals surface area contributed by atoms with Crippen LogP contribution in [0.5, 0.6) is 0 Å². The second kappa shape index (κ2) is 7.11. The van der Waals surface area contributed by atoms with Crippen molar-refractivity contribution < 1.29 is 23.1 Å². The van der Waals surface area contributed by atoms with Crippen molar-refractivity contribution in [3.05, 3.63) is 35.4 Å². The second-order valence-corrected chi connectivity index (χ2v) is 3.24. The molecule has 0 aromatic heterocycles. The van der Waals surface area contributed by atoms with Crippen LogP contribution in [0, 0.1) is 0 Å². The molecule has 0 atom stereocenters. The minimum atomic E-state index is -4.35. The summed E-state index contributed by atoms with van der Waals surface area (Å²) in [4.78, 5) is 9.55. The predicted octanol–water partition coefficient (Wildman–Crippen LogP) is 3.75. The summed E-state index contributed by atoms with van der Waals surface area (Å²) in [5.41, 5.74) is 0. The van der Waals surface area contributed by atoms with Gasteiger partial charge >= 0.3 is 12.1 Å². The van der Waals surface area contributed by atoms with E-state index >= 15 is 0 Å². The van der Waals surface area contributed by atoms with Crippen LogP contribution in [0.25, 0.3) is 0 Å². The number of carboxylic acid groups (broad SMARTS) is 1. The number of hydrogen-bond acceptors (Lipinski definition) is 1. The van der Waals surface area contributed by atoms with Gasteiger partial charge < -0.3 is 5.11 Å². The van der Waals surface area contributed by atoms with Gasteiger partial charge in [0.25, 0.3) is 0 Å². The lowest BCUT2D eigenvalue weighted by Gasteiger charge is -2.01. The van der Waals surface area contributed by atoms with Crippen molar-refractivity contribution in [2.24, 2.45) is 0 Å². The number of carboxylic acids is 1. The highest BCUT2D eigenvalue weighted by Crippen LogP contribution is 2.20. The van der Waals surface area contributed by atoms with Crippen LogP contribution >= 0.6 is 11.6 Å². The van der Waals surface area contributed by atoms with E-state index in [1.807, 2.05) is 30.3 Å². The van der Waals surface area contributed by atoms with Crippen molar-refractivity contribution >= 4 is 17.6 Å². The molecule has 0 bridgehead atoms. The Bertz CT molecular complexity index is 312. The monoisotopic (exact) mass is 254 g/mol. The quantitative estimate of drug-likeness (QED) is 0.873. The Kier molecular flexibility index (Phi) is 6.56. The van der Waals surface area contributed by atoms with Gasteiger partial charge in [-0.1, -0.05) is 29.8 Å². The minimum absolute atomic E-state index is 0.794. The van der Waals surface area contributed by atoms with Gasteiger partial charge in [0.15, 0.2) is 0 Å². The van der Waals surface area contributed by atoms with Gasteiger partial charge in [0.2, 0.25) is 0 Å². The van der Waals surface area contributed by atoms with Crippen LogP contribution in [-0.2, 0) is 4.79 Å². The van der Waals surface area contributed by atoms with Gasteiger partial charge in [0.05, 0.1) is 12.8 Å². The van der Waals surface area contributed by atoms with Crippen molar-refractivity contribution in [3.63, 3.8) is 0 Å². The summed E-state index contributed by atoms with van der Waals surface area (Å²) in [5.74, 6) is -1.42. The van der Waals surface area contributed by atoms with E-state index in [0.717, 1.165) is 5.02 Å². The number of benzene rings is 1. The van der Waals surface area contributed by atoms with E-state index in [9.17, 15) is 18.0 Å². The van der Waals surface area contributed by atoms with Crippen LogP contribution in [-0.4, -0.2) is 17.3 Å². The lowest BCUT2D eigenvalue weighted by Crippen LogP contribution is -2.09. The maximum Gasteiger partial charge on any atom is 0.389 e. The Balaban J connectivity index is 0.000000288. The zero-order valence-electron chi connectivity index (χ0n) is 8.17. The smallest absolute Gasteiger partial charge is 0.389 e. The average molecular weight is 255 g/mol. The Morgan fingerprint density at radius 2 is 1.75 bits per heavy atom. The number of carbonyl (C=O) groups is 1. The van der Waals surface area contributed by atoms with E-state index in [4.69, 9.17) is 16.7 Å². The maximum atomic E-state index is 11.2. The Hall–Kier alpha value is -1.23. The molecule has 16 heavy (non-hydrogen) atoms. The first-order valence-corrected chi connectivity index (χ1v) is 4.68. The van der Waals surface area contributed by atoms with E-state index in [2.05, 4.69) is 0 Å². The molecule has 0 aliphatic rings. The van der Waals surface area contributed by atoms with Gasteiger partial charge in [-0.2, -0.15) is 13.2 Å². The van der Waals surface area contributed by atoms with Gasteiger partial charge in [0, 0.05) is 5.02 Å². The SMILES string of the molecule is Clc1ccccc1.O=C(O)CCC(F)(F)F. The zero-order valence-corrected chi connectivity index (χ0v) is 8.92. The summed E-state index contributed by atoms with van der Waals surface area (Å²) >= 11 is 5.54. The molecule has 0 radical (unpaired) electrons. The van der Waals surface area contributed by atoms with Crippen molar-refractivity contribution in [1.29, 1.82) is 0 Å². The van der Waals surface area contributed by atoms with Crippen LogP contribution in [0.2, 0.25) is 5.02 Å². The van der Waals surface area contributed by atoms with E-state index in [1.165, 1.54) is 0 Å². The zero-order chi connectivity index (χ0) is 12.6. The summed E-state index contributed by atoms with van der Waals surface area (Å²) in [6.45, 7) is 0. The topological polar surface area (TPSA) is 37.3 Å². The highest BCUT2D eigenvalue weighted by molar-refractivity contribution is 6.30. The molecule has 0 heterocycles. The van der Waals surface area contributed by atoms with Gasteiger partial charge in [-0.25, -0.2) is 0 Å². The van der Waals surface area contributed by atoms with E-state index in [-0.39, 0.29) is 0 Å². The lowest BCUT2D eigenvalue weighted by molar-refractivity contribution is -0.152. The highest BCUT2D eigenvalue weighted by Gasteiger charge is 2.27. The molecule has 0 saturated heterocycles. The normalized spacial score (nSPS) is 10.2. The average Bonchev–Trinajstić information content (AvgIpc) is 2.16. The van der Waals surface area contributed by atoms with Gasteiger partial charge in [0.1, 0.15) is 0 Å². The molecule has 1 N–H and O–H groups in total. The molecule has 2 nitrogen and oxygen atoms in total. The largest absolute Gasteiger partial charge is 0.481 e. The number of halogens is 4. The third-order valence-electron chi connectivity index (χ3n) is 1.36. The van der Waals surface area contributed by atoms with Crippen molar-refractivity contribution in [2.75, 3.05) is 0 Å². The molecule has 0 unspecified atom stereocenters. The van der Waals surface area contributed by atoms with Crippen LogP contribution in [0.4, 0.5) is 13.2 Å². The molecule has 0 saturated carbocycles. The molecule has 1 aromatic rings. The minimum Gasteiger partial charge on any atom is -0.481 e. The Labute approximate surface area is 95.7 Å². The number of alkyl halides is 3. The van der Waals surface area contributed by atoms with Gasteiger partial charge in [-0.15, -0.1) is 0 Å². The summed E-state index contributed by atoms with van der Waals surface area (Å²) in [5, 5.41) is 8.57. The van der Waals surface area contributed by atoms with Gasteiger partial charge in [-0.3, -0.25) is 4.79 Å². The van der Waals surface area contributed by atoms with E-state index in [0.29, 0.717) is 0 Å². The third-order valence-corrected chi connectivity index (χ3v) is 1.61. The molecular weight excluding hydrogens is 245 g/mol. The second-order valence-electron chi connectivity index (χ2n) is 2.80. The molecule has 0 spiro atoms. The number of hydrogen-bond donors (Lipinski definition) is 1. The van der Waals surface area contributed by atoms with Gasteiger partial charge in [-0.05, 0) is 12.1 Å². The Morgan fingerprint density at radius 1 is 1.25 bits per heavy atom.